The molecule has 28 heavy (non-hydrogen) atoms. The van der Waals surface area contributed by atoms with Crippen LogP contribution in [0.5, 0.6) is 5.75 Å². The van der Waals surface area contributed by atoms with E-state index in [9.17, 15) is 9.18 Å². The molecule has 2 aromatic carbocycles. The first-order chi connectivity index (χ1) is 13.6. The van der Waals surface area contributed by atoms with Gasteiger partial charge in [-0.1, -0.05) is 29.5 Å². The van der Waals surface area contributed by atoms with Gasteiger partial charge in [0.05, 0.1) is 12.8 Å². The molecule has 0 aliphatic heterocycles. The summed E-state index contributed by atoms with van der Waals surface area (Å²) in [4.78, 5) is 18.5. The van der Waals surface area contributed by atoms with Gasteiger partial charge in [0.2, 0.25) is 0 Å². The smallest absolute Gasteiger partial charge is 0.263 e. The fourth-order valence-electron chi connectivity index (χ4n) is 2.96. The minimum absolute atomic E-state index is 0.141. The van der Waals surface area contributed by atoms with Crippen LogP contribution in [0, 0.1) is 12.7 Å². The van der Waals surface area contributed by atoms with Gasteiger partial charge in [-0.05, 0) is 37.3 Å². The van der Waals surface area contributed by atoms with Gasteiger partial charge in [-0.25, -0.2) is 9.37 Å². The molecule has 0 aliphatic rings. The Bertz CT molecular complexity index is 1150. The number of hydrogen-bond acceptors (Lipinski definition) is 4. The Morgan fingerprint density at radius 3 is 2.64 bits per heavy atom. The molecular weight excluding hydrogens is 377 g/mol. The summed E-state index contributed by atoms with van der Waals surface area (Å²) in [6.45, 7) is 2.02. The summed E-state index contributed by atoms with van der Waals surface area (Å²) in [6.07, 6.45) is 1.91. The predicted molar refractivity (Wildman–Crippen MR) is 107 cm³/mol. The molecule has 0 atom stereocenters. The zero-order valence-electron chi connectivity index (χ0n) is 15.4. The van der Waals surface area contributed by atoms with E-state index in [0.29, 0.717) is 10.4 Å². The molecule has 1 N–H and O–H groups in total. The Labute approximate surface area is 165 Å². The number of nitrogens with zero attached hydrogens (tertiary/aromatic N) is 2. The number of amides is 1. The number of aromatic nitrogens is 2. The summed E-state index contributed by atoms with van der Waals surface area (Å²) in [5, 5.41) is 2.78. The van der Waals surface area contributed by atoms with Crippen LogP contribution in [0.1, 0.15) is 20.9 Å². The Balaban J connectivity index is 1.55. The molecule has 0 aliphatic carbocycles. The van der Waals surface area contributed by atoms with E-state index in [4.69, 9.17) is 4.74 Å². The minimum atomic E-state index is -0.329. The van der Waals surface area contributed by atoms with Crippen LogP contribution in [0.15, 0.2) is 54.7 Å². The second-order valence-corrected chi connectivity index (χ2v) is 7.28. The van der Waals surface area contributed by atoms with Gasteiger partial charge >= 0.3 is 0 Å². The highest BCUT2D eigenvalue weighted by molar-refractivity contribution is 7.19. The van der Waals surface area contributed by atoms with E-state index in [2.05, 4.69) is 10.3 Å². The number of methoxy groups -OCH3 is 1. The lowest BCUT2D eigenvalue weighted by Crippen LogP contribution is -2.23. The van der Waals surface area contributed by atoms with E-state index in [1.54, 1.807) is 25.3 Å². The molecule has 4 aromatic rings. The second-order valence-electron chi connectivity index (χ2n) is 6.30. The van der Waals surface area contributed by atoms with Gasteiger partial charge in [-0.3, -0.25) is 9.20 Å². The van der Waals surface area contributed by atoms with Crippen molar-refractivity contribution in [3.8, 4) is 17.0 Å². The quantitative estimate of drug-likeness (QED) is 0.543. The zero-order valence-corrected chi connectivity index (χ0v) is 16.2. The lowest BCUT2D eigenvalue weighted by Gasteiger charge is -2.05. The van der Waals surface area contributed by atoms with Gasteiger partial charge in [-0.2, -0.15) is 0 Å². The Morgan fingerprint density at radius 1 is 1.21 bits per heavy atom. The number of carbonyl (C=O) groups is 1. The van der Waals surface area contributed by atoms with Gasteiger partial charge < -0.3 is 10.1 Å². The van der Waals surface area contributed by atoms with E-state index >= 15 is 0 Å². The number of fused-ring (bicyclic) bond motifs is 1. The molecule has 142 valence electrons. The number of benzene rings is 2. The van der Waals surface area contributed by atoms with Gasteiger partial charge in [0.25, 0.3) is 5.91 Å². The number of hydrogen-bond donors (Lipinski definition) is 1. The molecule has 0 radical (unpaired) electrons. The summed E-state index contributed by atoms with van der Waals surface area (Å²) in [5.41, 5.74) is 3.06. The number of imidazole rings is 1. The third kappa shape index (κ3) is 3.36. The minimum Gasteiger partial charge on any atom is -0.497 e. The van der Waals surface area contributed by atoms with Crippen LogP contribution in [0.4, 0.5) is 4.39 Å². The van der Waals surface area contributed by atoms with Crippen molar-refractivity contribution in [1.29, 1.82) is 0 Å². The topological polar surface area (TPSA) is 55.6 Å². The van der Waals surface area contributed by atoms with E-state index in [1.807, 2.05) is 41.8 Å². The van der Waals surface area contributed by atoms with Crippen molar-refractivity contribution in [2.75, 3.05) is 7.11 Å². The first kappa shape index (κ1) is 18.2. The molecule has 4 rings (SSSR count). The van der Waals surface area contributed by atoms with E-state index < -0.39 is 0 Å². The zero-order chi connectivity index (χ0) is 19.7. The third-order valence-electron chi connectivity index (χ3n) is 4.55. The molecule has 2 aromatic heterocycles. The molecule has 0 fully saturated rings. The molecule has 0 saturated carbocycles. The highest BCUT2D eigenvalue weighted by Gasteiger charge is 2.18. The second kappa shape index (κ2) is 7.44. The lowest BCUT2D eigenvalue weighted by molar-refractivity contribution is 0.0953. The largest absolute Gasteiger partial charge is 0.497 e. The van der Waals surface area contributed by atoms with Crippen molar-refractivity contribution < 1.29 is 13.9 Å². The lowest BCUT2D eigenvalue weighted by atomic mass is 10.2. The van der Waals surface area contributed by atoms with Crippen LogP contribution in [-0.2, 0) is 6.54 Å². The van der Waals surface area contributed by atoms with Crippen LogP contribution in [0.25, 0.3) is 16.2 Å². The first-order valence-corrected chi connectivity index (χ1v) is 9.53. The number of nitrogens with one attached hydrogen (secondary N) is 1. The van der Waals surface area contributed by atoms with Crippen LogP contribution < -0.4 is 10.1 Å². The maximum atomic E-state index is 13.7. The SMILES string of the molecule is COc1ccc(-c2cn3c(C)c(C(=O)NCc4ccccc4F)sc3n2)cc1. The molecule has 2 heterocycles. The van der Waals surface area contributed by atoms with E-state index in [0.717, 1.165) is 27.7 Å². The van der Waals surface area contributed by atoms with Crippen LogP contribution in [-0.4, -0.2) is 22.4 Å². The van der Waals surface area contributed by atoms with Crippen molar-refractivity contribution in [1.82, 2.24) is 14.7 Å². The van der Waals surface area contributed by atoms with Gasteiger partial charge in [0.1, 0.15) is 16.4 Å². The number of halogens is 1. The Hall–Kier alpha value is -3.19. The van der Waals surface area contributed by atoms with Gasteiger partial charge in [0, 0.05) is 29.6 Å². The molecule has 0 unspecified atom stereocenters. The van der Waals surface area contributed by atoms with Crippen molar-refractivity contribution in [2.45, 2.75) is 13.5 Å². The molecule has 0 bridgehead atoms. The van der Waals surface area contributed by atoms with Crippen LogP contribution in [0.2, 0.25) is 0 Å². The maximum Gasteiger partial charge on any atom is 0.263 e. The molecule has 7 heteroatoms. The van der Waals surface area contributed by atoms with Crippen molar-refractivity contribution in [3.63, 3.8) is 0 Å². The number of aryl methyl sites for hydroxylation is 1. The molecule has 1 amide bonds. The van der Waals surface area contributed by atoms with Crippen LogP contribution in [0.3, 0.4) is 0 Å². The van der Waals surface area contributed by atoms with Gasteiger partial charge in [0.15, 0.2) is 4.96 Å². The average Bonchev–Trinajstić information content (AvgIpc) is 3.27. The number of ether oxygens (including phenoxy) is 1. The summed E-state index contributed by atoms with van der Waals surface area (Å²) in [5.74, 6) is 0.224. The Kier molecular flexibility index (Phi) is 4.83. The fraction of sp³-hybridized carbons (Fsp3) is 0.143. The average molecular weight is 395 g/mol. The summed E-state index contributed by atoms with van der Waals surface area (Å²) in [7, 11) is 1.63. The highest BCUT2D eigenvalue weighted by atomic mass is 32.1. The van der Waals surface area contributed by atoms with Crippen molar-refractivity contribution >= 4 is 22.2 Å². The monoisotopic (exact) mass is 395 g/mol. The normalized spacial score (nSPS) is 11.0. The van der Waals surface area contributed by atoms with Gasteiger partial charge in [-0.15, -0.1) is 0 Å². The third-order valence-corrected chi connectivity index (χ3v) is 5.70. The van der Waals surface area contributed by atoms with Crippen molar-refractivity contribution in [2.24, 2.45) is 0 Å². The van der Waals surface area contributed by atoms with Crippen molar-refractivity contribution in [3.05, 3.63) is 76.7 Å². The number of thiazole rings is 1. The molecular formula is C21H18FN3O2S. The van der Waals surface area contributed by atoms with Crippen LogP contribution >= 0.6 is 11.3 Å². The predicted octanol–water partition coefficient (Wildman–Crippen LogP) is 4.45. The Morgan fingerprint density at radius 2 is 1.96 bits per heavy atom. The fourth-order valence-corrected chi connectivity index (χ4v) is 3.98. The molecule has 0 saturated heterocycles. The first-order valence-electron chi connectivity index (χ1n) is 8.71. The number of carbonyl (C=O) groups excluding carboxylic acids is 1. The standard InChI is InChI=1S/C21H18FN3O2S/c1-13-19(20(26)23-11-15-5-3-4-6-17(15)22)28-21-24-18(12-25(13)21)14-7-9-16(27-2)10-8-14/h3-10,12H,11H2,1-2H3,(H,23,26). The summed E-state index contributed by atoms with van der Waals surface area (Å²) < 4.78 is 20.8. The molecule has 5 nitrogen and oxygen atoms in total. The summed E-state index contributed by atoms with van der Waals surface area (Å²) in [6, 6.07) is 14.1. The maximum absolute atomic E-state index is 13.7. The molecule has 0 spiro atoms. The van der Waals surface area contributed by atoms with E-state index in [-0.39, 0.29) is 18.3 Å². The highest BCUT2D eigenvalue weighted by Crippen LogP contribution is 2.28. The summed E-state index contributed by atoms with van der Waals surface area (Å²) >= 11 is 1.32. The number of rotatable bonds is 5. The van der Waals surface area contributed by atoms with E-state index in [1.165, 1.54) is 17.4 Å².